The van der Waals surface area contributed by atoms with Crippen LogP contribution in [0, 0.1) is 27.3 Å². The summed E-state index contributed by atoms with van der Waals surface area (Å²) in [5, 5.41) is 27.3. The zero-order valence-electron chi connectivity index (χ0n) is 16.2. The Labute approximate surface area is 176 Å². The normalized spacial score (nSPS) is 10.5. The Morgan fingerprint density at radius 1 is 1.29 bits per heavy atom. The van der Waals surface area contributed by atoms with Crippen molar-refractivity contribution in [2.45, 2.75) is 12.8 Å². The van der Waals surface area contributed by atoms with Gasteiger partial charge in [0.25, 0.3) is 11.6 Å². The van der Waals surface area contributed by atoms with Gasteiger partial charge in [0, 0.05) is 6.54 Å². The lowest BCUT2D eigenvalue weighted by molar-refractivity contribution is -0.384. The molecule has 5 N–H and O–H groups in total. The number of anilines is 2. The minimum absolute atomic E-state index is 0.144. The molecule has 158 valence electrons. The molecule has 0 spiro atoms. The van der Waals surface area contributed by atoms with Crippen LogP contribution in [0.2, 0.25) is 0 Å². The third kappa shape index (κ3) is 4.43. The van der Waals surface area contributed by atoms with Gasteiger partial charge in [-0.1, -0.05) is 18.2 Å². The van der Waals surface area contributed by atoms with E-state index in [2.05, 4.69) is 10.4 Å². The monoisotopic (exact) mass is 423 g/mol. The Hall–Kier alpha value is -4.46. The van der Waals surface area contributed by atoms with Crippen LogP contribution in [0.1, 0.15) is 28.0 Å². The summed E-state index contributed by atoms with van der Waals surface area (Å²) in [6.07, 6.45) is 0.731. The molecule has 0 bridgehead atoms. The van der Waals surface area contributed by atoms with Gasteiger partial charge in [-0.2, -0.15) is 10.4 Å². The van der Waals surface area contributed by atoms with Crippen molar-refractivity contribution in [1.29, 1.82) is 5.26 Å². The van der Waals surface area contributed by atoms with E-state index >= 15 is 0 Å². The van der Waals surface area contributed by atoms with Crippen molar-refractivity contribution in [3.05, 3.63) is 75.2 Å². The van der Waals surface area contributed by atoms with E-state index in [1.807, 2.05) is 24.3 Å². The van der Waals surface area contributed by atoms with Gasteiger partial charge in [0.1, 0.15) is 29.0 Å². The summed E-state index contributed by atoms with van der Waals surface area (Å²) in [6, 6.07) is 12.6. The molecule has 3 rings (SSSR count). The SMILES string of the molecule is N#Cc1c(CCCNC(=O)c2cc(F)cc([N+](=O)[O-])c2N)nn(-c2ccccc2)c1N. The molecule has 0 fully saturated rings. The fourth-order valence-corrected chi connectivity index (χ4v) is 3.04. The molecule has 2 aromatic carbocycles. The highest BCUT2D eigenvalue weighted by Gasteiger charge is 2.22. The molecule has 0 saturated carbocycles. The fraction of sp³-hybridized carbons (Fsp3) is 0.150. The van der Waals surface area contributed by atoms with E-state index in [4.69, 9.17) is 11.5 Å². The Morgan fingerprint density at radius 3 is 2.65 bits per heavy atom. The Morgan fingerprint density at radius 2 is 2.00 bits per heavy atom. The van der Waals surface area contributed by atoms with E-state index in [-0.39, 0.29) is 23.5 Å². The number of halogens is 1. The average Bonchev–Trinajstić information content (AvgIpc) is 3.08. The number of nitrogen functional groups attached to an aromatic ring is 2. The lowest BCUT2D eigenvalue weighted by Crippen LogP contribution is -2.26. The second kappa shape index (κ2) is 8.91. The van der Waals surface area contributed by atoms with Gasteiger partial charge in [-0.05, 0) is 31.0 Å². The lowest BCUT2D eigenvalue weighted by Gasteiger charge is -2.08. The molecule has 0 unspecified atom stereocenters. The molecule has 0 aliphatic rings. The molecule has 1 aromatic heterocycles. The molecule has 1 amide bonds. The van der Waals surface area contributed by atoms with Gasteiger partial charge < -0.3 is 16.8 Å². The van der Waals surface area contributed by atoms with Crippen LogP contribution in [-0.4, -0.2) is 27.2 Å². The highest BCUT2D eigenvalue weighted by molar-refractivity contribution is 6.01. The van der Waals surface area contributed by atoms with Crippen LogP contribution in [0.15, 0.2) is 42.5 Å². The molecule has 3 aromatic rings. The number of nitriles is 1. The number of nitro groups is 1. The van der Waals surface area contributed by atoms with E-state index in [1.54, 1.807) is 12.1 Å². The second-order valence-corrected chi connectivity index (χ2v) is 6.57. The first-order valence-electron chi connectivity index (χ1n) is 9.18. The maximum absolute atomic E-state index is 13.6. The van der Waals surface area contributed by atoms with Gasteiger partial charge in [0.15, 0.2) is 0 Å². The summed E-state index contributed by atoms with van der Waals surface area (Å²) < 4.78 is 15.1. The largest absolute Gasteiger partial charge is 0.393 e. The number of carbonyl (C=O) groups is 1. The van der Waals surface area contributed by atoms with Crippen molar-refractivity contribution in [2.75, 3.05) is 18.0 Å². The van der Waals surface area contributed by atoms with Crippen LogP contribution < -0.4 is 16.8 Å². The molecule has 10 nitrogen and oxygen atoms in total. The van der Waals surface area contributed by atoms with E-state index in [1.165, 1.54) is 4.68 Å². The number of para-hydroxylation sites is 1. The second-order valence-electron chi connectivity index (χ2n) is 6.57. The number of aryl methyl sites for hydroxylation is 1. The van der Waals surface area contributed by atoms with Crippen molar-refractivity contribution >= 4 is 23.1 Å². The Bertz CT molecular complexity index is 1190. The molecule has 0 saturated heterocycles. The number of benzene rings is 2. The smallest absolute Gasteiger partial charge is 0.295 e. The molecule has 1 heterocycles. The maximum Gasteiger partial charge on any atom is 0.295 e. The molecular formula is C20H18FN7O3. The molecule has 0 radical (unpaired) electrons. The number of nitrogens with two attached hydrogens (primary N) is 2. The minimum Gasteiger partial charge on any atom is -0.393 e. The number of aromatic nitrogens is 2. The first kappa shape index (κ1) is 21.3. The van der Waals surface area contributed by atoms with E-state index in [0.29, 0.717) is 30.3 Å². The van der Waals surface area contributed by atoms with Gasteiger partial charge >= 0.3 is 0 Å². The number of hydrogen-bond donors (Lipinski definition) is 3. The molecular weight excluding hydrogens is 405 g/mol. The van der Waals surface area contributed by atoms with E-state index in [9.17, 15) is 24.6 Å². The predicted octanol–water partition coefficient (Wildman–Crippen LogP) is 2.32. The summed E-state index contributed by atoms with van der Waals surface area (Å²) in [7, 11) is 0. The molecule has 0 aliphatic carbocycles. The maximum atomic E-state index is 13.6. The third-order valence-corrected chi connectivity index (χ3v) is 4.55. The molecule has 0 aliphatic heterocycles. The highest BCUT2D eigenvalue weighted by Crippen LogP contribution is 2.26. The van der Waals surface area contributed by atoms with Crippen LogP contribution in [0.25, 0.3) is 5.69 Å². The minimum atomic E-state index is -0.938. The van der Waals surface area contributed by atoms with Crippen molar-refractivity contribution in [3.8, 4) is 11.8 Å². The van der Waals surface area contributed by atoms with Crippen LogP contribution >= 0.6 is 0 Å². The number of nitrogens with zero attached hydrogens (tertiary/aromatic N) is 4. The summed E-state index contributed by atoms with van der Waals surface area (Å²) in [4.78, 5) is 22.4. The highest BCUT2D eigenvalue weighted by atomic mass is 19.1. The van der Waals surface area contributed by atoms with Crippen molar-refractivity contribution < 1.29 is 14.1 Å². The van der Waals surface area contributed by atoms with Crippen molar-refractivity contribution in [2.24, 2.45) is 0 Å². The van der Waals surface area contributed by atoms with Crippen LogP contribution in [0.4, 0.5) is 21.6 Å². The van der Waals surface area contributed by atoms with Gasteiger partial charge in [0.05, 0.1) is 27.9 Å². The summed E-state index contributed by atoms with van der Waals surface area (Å²) in [5.41, 5.74) is 11.7. The topological polar surface area (TPSA) is 166 Å². The number of carbonyl (C=O) groups excluding carboxylic acids is 1. The number of nitrogens with one attached hydrogen (secondary N) is 1. The molecule has 0 atom stereocenters. The lowest BCUT2D eigenvalue weighted by atomic mass is 10.1. The van der Waals surface area contributed by atoms with Gasteiger partial charge in [-0.25, -0.2) is 9.07 Å². The average molecular weight is 423 g/mol. The number of hydrogen-bond acceptors (Lipinski definition) is 7. The number of nitro benzene ring substituents is 1. The predicted molar refractivity (Wildman–Crippen MR) is 111 cm³/mol. The number of amides is 1. The van der Waals surface area contributed by atoms with Gasteiger partial charge in [-0.3, -0.25) is 14.9 Å². The van der Waals surface area contributed by atoms with Gasteiger partial charge in [0.2, 0.25) is 0 Å². The molecule has 11 heteroatoms. The van der Waals surface area contributed by atoms with Crippen LogP contribution in [-0.2, 0) is 6.42 Å². The first-order valence-corrected chi connectivity index (χ1v) is 9.18. The Balaban J connectivity index is 1.68. The fourth-order valence-electron chi connectivity index (χ4n) is 3.04. The quantitative estimate of drug-likeness (QED) is 0.227. The van der Waals surface area contributed by atoms with E-state index < -0.39 is 28.0 Å². The third-order valence-electron chi connectivity index (χ3n) is 4.55. The van der Waals surface area contributed by atoms with E-state index in [0.717, 1.165) is 6.07 Å². The summed E-state index contributed by atoms with van der Waals surface area (Å²) in [5.74, 6) is -1.46. The standard InChI is InChI=1S/C20H18FN7O3/c21-12-9-14(18(23)17(10-12)28(30)31)20(29)25-8-4-7-16-15(11-22)19(24)27(26-16)13-5-2-1-3-6-13/h1-3,5-6,9-10H,4,7-8,23-24H2,(H,25,29). The van der Waals surface area contributed by atoms with Crippen molar-refractivity contribution in [3.63, 3.8) is 0 Å². The van der Waals surface area contributed by atoms with Gasteiger partial charge in [-0.15, -0.1) is 0 Å². The zero-order valence-corrected chi connectivity index (χ0v) is 16.2. The Kier molecular flexibility index (Phi) is 6.11. The van der Waals surface area contributed by atoms with Crippen LogP contribution in [0.5, 0.6) is 0 Å². The van der Waals surface area contributed by atoms with Crippen molar-refractivity contribution in [1.82, 2.24) is 15.1 Å². The number of rotatable bonds is 7. The van der Waals surface area contributed by atoms with Crippen LogP contribution in [0.3, 0.4) is 0 Å². The zero-order chi connectivity index (χ0) is 22.5. The first-order chi connectivity index (χ1) is 14.8. The summed E-state index contributed by atoms with van der Waals surface area (Å²) >= 11 is 0. The summed E-state index contributed by atoms with van der Waals surface area (Å²) in [6.45, 7) is 0.144. The molecule has 31 heavy (non-hydrogen) atoms.